The van der Waals surface area contributed by atoms with Gasteiger partial charge in [-0.1, -0.05) is 6.07 Å². The summed E-state index contributed by atoms with van der Waals surface area (Å²) in [6, 6.07) is 3.94. The third kappa shape index (κ3) is 3.66. The van der Waals surface area contributed by atoms with Crippen molar-refractivity contribution in [2.75, 3.05) is 32.0 Å². The Balaban J connectivity index is 1.78. The number of aliphatic hydroxyl groups excluding tert-OH is 1. The maximum atomic E-state index is 8.72. The van der Waals surface area contributed by atoms with E-state index in [-0.39, 0.29) is 6.61 Å². The highest BCUT2D eigenvalue weighted by Crippen LogP contribution is 2.17. The predicted octanol–water partition coefficient (Wildman–Crippen LogP) is 0.637. The average Bonchev–Trinajstić information content (AvgIpc) is 2.41. The third-order valence-corrected chi connectivity index (χ3v) is 3.30. The Morgan fingerprint density at radius 1 is 1.44 bits per heavy atom. The summed E-state index contributed by atoms with van der Waals surface area (Å²) in [6.45, 7) is 3.41. The minimum Gasteiger partial charge on any atom is -0.394 e. The zero-order valence-corrected chi connectivity index (χ0v) is 10.6. The molecule has 1 saturated heterocycles. The summed E-state index contributed by atoms with van der Waals surface area (Å²) in [5.74, 6) is 0.621. The lowest BCUT2D eigenvalue weighted by molar-refractivity contribution is -0.00899. The number of nitrogen functional groups attached to an aromatic ring is 1. The number of aliphatic hydroxyl groups is 1. The van der Waals surface area contributed by atoms with Crippen molar-refractivity contribution in [3.8, 4) is 0 Å². The molecule has 5 heteroatoms. The fourth-order valence-electron chi connectivity index (χ4n) is 2.28. The molecule has 1 aliphatic rings. The molecule has 18 heavy (non-hydrogen) atoms. The van der Waals surface area contributed by atoms with Gasteiger partial charge < -0.3 is 15.6 Å². The van der Waals surface area contributed by atoms with Gasteiger partial charge in [0.1, 0.15) is 5.82 Å². The Hall–Kier alpha value is -1.17. The summed E-state index contributed by atoms with van der Waals surface area (Å²) in [4.78, 5) is 6.47. The molecule has 100 valence electrons. The lowest BCUT2D eigenvalue weighted by Crippen LogP contribution is -2.37. The molecule has 1 aromatic rings. The van der Waals surface area contributed by atoms with Crippen LogP contribution < -0.4 is 5.73 Å². The van der Waals surface area contributed by atoms with E-state index in [1.165, 1.54) is 0 Å². The van der Waals surface area contributed by atoms with Crippen LogP contribution in [0.2, 0.25) is 0 Å². The zero-order chi connectivity index (χ0) is 12.8. The molecule has 0 spiro atoms. The summed E-state index contributed by atoms with van der Waals surface area (Å²) in [7, 11) is 0. The molecule has 0 radical (unpaired) electrons. The highest BCUT2D eigenvalue weighted by Gasteiger charge is 2.19. The third-order valence-electron chi connectivity index (χ3n) is 3.30. The van der Waals surface area contributed by atoms with Crippen LogP contribution in [0.15, 0.2) is 18.3 Å². The van der Waals surface area contributed by atoms with Crippen molar-refractivity contribution < 1.29 is 9.84 Å². The Morgan fingerprint density at radius 3 is 2.89 bits per heavy atom. The molecule has 0 aromatic carbocycles. The van der Waals surface area contributed by atoms with Gasteiger partial charge in [0.15, 0.2) is 0 Å². The van der Waals surface area contributed by atoms with Crippen LogP contribution in [0.3, 0.4) is 0 Å². The van der Waals surface area contributed by atoms with E-state index in [2.05, 4.69) is 9.88 Å². The van der Waals surface area contributed by atoms with Crippen molar-refractivity contribution in [3.63, 3.8) is 0 Å². The maximum absolute atomic E-state index is 8.72. The van der Waals surface area contributed by atoms with Crippen molar-refractivity contribution in [1.29, 1.82) is 0 Å². The number of anilines is 1. The fourth-order valence-corrected chi connectivity index (χ4v) is 2.28. The Bertz CT molecular complexity index is 365. The molecule has 0 aliphatic carbocycles. The van der Waals surface area contributed by atoms with Crippen molar-refractivity contribution in [1.82, 2.24) is 9.88 Å². The van der Waals surface area contributed by atoms with Crippen LogP contribution in [0.1, 0.15) is 18.4 Å². The van der Waals surface area contributed by atoms with E-state index in [0.717, 1.165) is 38.0 Å². The first-order valence-electron chi connectivity index (χ1n) is 6.44. The number of nitrogens with two attached hydrogens (primary N) is 1. The summed E-state index contributed by atoms with van der Waals surface area (Å²) in [6.07, 6.45) is 4.04. The first kappa shape index (κ1) is 13.3. The predicted molar refractivity (Wildman–Crippen MR) is 70.0 cm³/mol. The van der Waals surface area contributed by atoms with Crippen LogP contribution in [0.5, 0.6) is 0 Å². The molecule has 0 saturated carbocycles. The normalized spacial score (nSPS) is 18.1. The smallest absolute Gasteiger partial charge is 0.127 e. The van der Waals surface area contributed by atoms with Crippen molar-refractivity contribution in [3.05, 3.63) is 23.9 Å². The molecular formula is C13H21N3O2. The molecular weight excluding hydrogens is 230 g/mol. The Morgan fingerprint density at radius 2 is 2.22 bits per heavy atom. The number of aromatic nitrogens is 1. The van der Waals surface area contributed by atoms with E-state index >= 15 is 0 Å². The highest BCUT2D eigenvalue weighted by atomic mass is 16.5. The van der Waals surface area contributed by atoms with E-state index in [1.54, 1.807) is 6.20 Å². The van der Waals surface area contributed by atoms with Gasteiger partial charge in [-0.25, -0.2) is 4.98 Å². The molecule has 5 nitrogen and oxygen atoms in total. The van der Waals surface area contributed by atoms with Crippen LogP contribution in [-0.2, 0) is 11.3 Å². The van der Waals surface area contributed by atoms with Crippen molar-refractivity contribution in [2.24, 2.45) is 0 Å². The van der Waals surface area contributed by atoms with E-state index in [1.807, 2.05) is 12.1 Å². The van der Waals surface area contributed by atoms with Crippen LogP contribution in [0.25, 0.3) is 0 Å². The van der Waals surface area contributed by atoms with Gasteiger partial charge in [-0.05, 0) is 18.9 Å². The topological polar surface area (TPSA) is 71.6 Å². The van der Waals surface area contributed by atoms with Gasteiger partial charge in [0.2, 0.25) is 0 Å². The molecule has 2 rings (SSSR count). The number of nitrogens with zero attached hydrogens (tertiary/aromatic N) is 2. The molecule has 0 atom stereocenters. The SMILES string of the molecule is Nc1ncccc1CN1CCC(OCCO)CC1. The number of hydrogen-bond donors (Lipinski definition) is 2. The maximum Gasteiger partial charge on any atom is 0.127 e. The molecule has 3 N–H and O–H groups in total. The zero-order valence-electron chi connectivity index (χ0n) is 10.6. The van der Waals surface area contributed by atoms with Gasteiger partial charge in [-0.15, -0.1) is 0 Å². The number of pyridine rings is 1. The molecule has 1 fully saturated rings. The van der Waals surface area contributed by atoms with Gasteiger partial charge in [-0.2, -0.15) is 0 Å². The molecule has 1 aliphatic heterocycles. The Kier molecular flexibility index (Phi) is 4.92. The first-order chi connectivity index (χ1) is 8.79. The number of piperidine rings is 1. The quantitative estimate of drug-likeness (QED) is 0.803. The summed E-state index contributed by atoms with van der Waals surface area (Å²) in [5, 5.41) is 8.72. The van der Waals surface area contributed by atoms with Crippen molar-refractivity contribution >= 4 is 5.82 Å². The van der Waals surface area contributed by atoms with Gasteiger partial charge >= 0.3 is 0 Å². The molecule has 2 heterocycles. The van der Waals surface area contributed by atoms with Gasteiger partial charge in [-0.3, -0.25) is 4.90 Å². The van der Waals surface area contributed by atoms with Crippen LogP contribution >= 0.6 is 0 Å². The molecule has 0 unspecified atom stereocenters. The average molecular weight is 251 g/mol. The van der Waals surface area contributed by atoms with Gasteiger partial charge in [0.25, 0.3) is 0 Å². The molecule has 1 aromatic heterocycles. The molecule has 0 bridgehead atoms. The van der Waals surface area contributed by atoms with Crippen LogP contribution in [0, 0.1) is 0 Å². The number of ether oxygens (including phenoxy) is 1. The summed E-state index contributed by atoms with van der Waals surface area (Å²) in [5.41, 5.74) is 6.93. The van der Waals surface area contributed by atoms with Gasteiger partial charge in [0.05, 0.1) is 19.3 Å². The minimum absolute atomic E-state index is 0.104. The number of rotatable bonds is 5. The summed E-state index contributed by atoms with van der Waals surface area (Å²) < 4.78 is 5.54. The van der Waals surface area contributed by atoms with E-state index in [0.29, 0.717) is 18.5 Å². The lowest BCUT2D eigenvalue weighted by atomic mass is 10.1. The largest absolute Gasteiger partial charge is 0.394 e. The monoisotopic (exact) mass is 251 g/mol. The fraction of sp³-hybridized carbons (Fsp3) is 0.615. The lowest BCUT2D eigenvalue weighted by Gasteiger charge is -2.31. The second-order valence-electron chi connectivity index (χ2n) is 4.62. The van der Waals surface area contributed by atoms with E-state index < -0.39 is 0 Å². The van der Waals surface area contributed by atoms with Gasteiger partial charge in [0, 0.05) is 31.4 Å². The minimum atomic E-state index is 0.104. The summed E-state index contributed by atoms with van der Waals surface area (Å²) >= 11 is 0. The standard InChI is InChI=1S/C13H21N3O2/c14-13-11(2-1-5-15-13)10-16-6-3-12(4-7-16)18-9-8-17/h1-2,5,12,17H,3-4,6-10H2,(H2,14,15). The van der Waals surface area contributed by atoms with E-state index in [9.17, 15) is 0 Å². The van der Waals surface area contributed by atoms with E-state index in [4.69, 9.17) is 15.6 Å². The number of hydrogen-bond acceptors (Lipinski definition) is 5. The number of likely N-dealkylation sites (tertiary alicyclic amines) is 1. The van der Waals surface area contributed by atoms with Crippen molar-refractivity contribution in [2.45, 2.75) is 25.5 Å². The second-order valence-corrected chi connectivity index (χ2v) is 4.62. The van der Waals surface area contributed by atoms with Crippen LogP contribution in [-0.4, -0.2) is 47.4 Å². The second kappa shape index (κ2) is 6.68. The molecule has 0 amide bonds. The van der Waals surface area contributed by atoms with Crippen LogP contribution in [0.4, 0.5) is 5.82 Å². The first-order valence-corrected chi connectivity index (χ1v) is 6.44. The Labute approximate surface area is 108 Å². The highest BCUT2D eigenvalue weighted by molar-refractivity contribution is 5.38.